The summed E-state index contributed by atoms with van der Waals surface area (Å²) in [5.74, 6) is 0.402. The Morgan fingerprint density at radius 1 is 1.26 bits per heavy atom. The molecule has 0 saturated carbocycles. The quantitative estimate of drug-likeness (QED) is 0.880. The van der Waals surface area contributed by atoms with Gasteiger partial charge < -0.3 is 15.4 Å². The number of anilines is 2. The van der Waals surface area contributed by atoms with Crippen LogP contribution in [0.15, 0.2) is 42.6 Å². The monoisotopic (exact) mass is 331 g/mol. The second kappa shape index (κ2) is 7.44. The Hall–Kier alpha value is -2.11. The van der Waals surface area contributed by atoms with Crippen LogP contribution in [0.2, 0.25) is 5.02 Å². The van der Waals surface area contributed by atoms with Crippen molar-refractivity contribution in [1.29, 1.82) is 0 Å². The molecule has 2 aromatic rings. The minimum atomic E-state index is -0.348. The van der Waals surface area contributed by atoms with Crippen LogP contribution in [0.3, 0.4) is 0 Å². The minimum Gasteiger partial charge on any atom is -0.380 e. The zero-order valence-electron chi connectivity index (χ0n) is 12.6. The number of halogens is 1. The zero-order valence-corrected chi connectivity index (χ0v) is 13.3. The molecule has 0 aliphatic carbocycles. The second-order valence-electron chi connectivity index (χ2n) is 5.40. The van der Waals surface area contributed by atoms with E-state index in [0.29, 0.717) is 19.0 Å². The molecule has 1 fully saturated rings. The van der Waals surface area contributed by atoms with Crippen LogP contribution in [0.5, 0.6) is 0 Å². The fourth-order valence-corrected chi connectivity index (χ4v) is 2.50. The van der Waals surface area contributed by atoms with Gasteiger partial charge in [-0.2, -0.15) is 0 Å². The van der Waals surface area contributed by atoms with E-state index in [4.69, 9.17) is 16.3 Å². The van der Waals surface area contributed by atoms with Crippen molar-refractivity contribution in [2.24, 2.45) is 0 Å². The van der Waals surface area contributed by atoms with E-state index >= 15 is 0 Å². The van der Waals surface area contributed by atoms with Crippen molar-refractivity contribution in [3.8, 4) is 0 Å². The van der Waals surface area contributed by atoms with Gasteiger partial charge in [0.05, 0.1) is 11.9 Å². The van der Waals surface area contributed by atoms with Crippen LogP contribution in [-0.4, -0.2) is 23.6 Å². The summed E-state index contributed by atoms with van der Waals surface area (Å²) in [6, 6.07) is 11.3. The molecule has 1 unspecified atom stereocenters. The Morgan fingerprint density at radius 2 is 2.09 bits per heavy atom. The van der Waals surface area contributed by atoms with E-state index in [0.717, 1.165) is 29.1 Å². The van der Waals surface area contributed by atoms with Gasteiger partial charge in [-0.15, -0.1) is 0 Å². The zero-order chi connectivity index (χ0) is 16.1. The van der Waals surface area contributed by atoms with Gasteiger partial charge in [-0.1, -0.05) is 23.7 Å². The lowest BCUT2D eigenvalue weighted by Crippen LogP contribution is -2.27. The summed E-state index contributed by atoms with van der Waals surface area (Å²) >= 11 is 5.86. The molecule has 5 nitrogen and oxygen atoms in total. The number of rotatable bonds is 5. The molecule has 1 aromatic carbocycles. The van der Waals surface area contributed by atoms with E-state index in [-0.39, 0.29) is 12.0 Å². The van der Waals surface area contributed by atoms with E-state index < -0.39 is 0 Å². The molecule has 2 N–H and O–H groups in total. The highest BCUT2D eigenvalue weighted by Crippen LogP contribution is 2.16. The average molecular weight is 332 g/mol. The number of carbonyl (C=O) groups is 1. The summed E-state index contributed by atoms with van der Waals surface area (Å²) in [4.78, 5) is 16.2. The number of hydrogen-bond donors (Lipinski definition) is 2. The first-order valence-electron chi connectivity index (χ1n) is 7.57. The van der Waals surface area contributed by atoms with E-state index in [1.165, 1.54) is 0 Å². The third kappa shape index (κ3) is 4.43. The van der Waals surface area contributed by atoms with Crippen molar-refractivity contribution >= 4 is 29.0 Å². The molecule has 0 spiro atoms. The summed E-state index contributed by atoms with van der Waals surface area (Å²) < 4.78 is 5.35. The van der Waals surface area contributed by atoms with Gasteiger partial charge in [0.15, 0.2) is 0 Å². The van der Waals surface area contributed by atoms with Gasteiger partial charge in [0.1, 0.15) is 11.9 Å². The lowest BCUT2D eigenvalue weighted by Gasteiger charge is -2.11. The highest BCUT2D eigenvalue weighted by molar-refractivity contribution is 6.30. The molecular weight excluding hydrogens is 314 g/mol. The van der Waals surface area contributed by atoms with Gasteiger partial charge in [0.25, 0.3) is 5.91 Å². The van der Waals surface area contributed by atoms with E-state index in [1.807, 2.05) is 30.3 Å². The Labute approximate surface area is 140 Å². The lowest BCUT2D eigenvalue weighted by molar-refractivity contribution is -0.124. The number of aromatic nitrogens is 1. The third-order valence-electron chi connectivity index (χ3n) is 3.65. The van der Waals surface area contributed by atoms with Crippen LogP contribution >= 0.6 is 11.6 Å². The standard InChI is InChI=1S/C17H18ClN3O2/c18-13-5-3-12(4-6-13)10-19-14-7-8-16(20-11-14)21-17(22)15-2-1-9-23-15/h3-8,11,15,19H,1-2,9-10H2,(H,20,21,22). The van der Waals surface area contributed by atoms with E-state index in [1.54, 1.807) is 12.3 Å². The molecular formula is C17H18ClN3O2. The molecule has 6 heteroatoms. The van der Waals surface area contributed by atoms with Crippen LogP contribution in [0.25, 0.3) is 0 Å². The van der Waals surface area contributed by atoms with Gasteiger partial charge >= 0.3 is 0 Å². The number of amides is 1. The van der Waals surface area contributed by atoms with Crippen molar-refractivity contribution < 1.29 is 9.53 Å². The number of nitrogens with one attached hydrogen (secondary N) is 2. The summed E-state index contributed by atoms with van der Waals surface area (Å²) in [6.45, 7) is 1.33. The fraction of sp³-hybridized carbons (Fsp3) is 0.294. The van der Waals surface area contributed by atoms with Crippen LogP contribution in [0, 0.1) is 0 Å². The molecule has 0 radical (unpaired) electrons. The van der Waals surface area contributed by atoms with Gasteiger partial charge in [-0.25, -0.2) is 4.98 Å². The van der Waals surface area contributed by atoms with E-state index in [2.05, 4.69) is 15.6 Å². The van der Waals surface area contributed by atoms with Crippen molar-refractivity contribution in [1.82, 2.24) is 4.98 Å². The first kappa shape index (κ1) is 15.8. The molecule has 3 rings (SSSR count). The largest absolute Gasteiger partial charge is 0.380 e. The summed E-state index contributed by atoms with van der Waals surface area (Å²) in [5, 5.41) is 6.77. The predicted octanol–water partition coefficient (Wildman–Crippen LogP) is 3.46. The molecule has 1 aliphatic heterocycles. The van der Waals surface area contributed by atoms with Crippen LogP contribution in [-0.2, 0) is 16.1 Å². The smallest absolute Gasteiger partial charge is 0.254 e. The normalized spacial score (nSPS) is 17.0. The summed E-state index contributed by atoms with van der Waals surface area (Å²) in [7, 11) is 0. The SMILES string of the molecule is O=C(Nc1ccc(NCc2ccc(Cl)cc2)cn1)C1CCCO1. The fourth-order valence-electron chi connectivity index (χ4n) is 2.37. The second-order valence-corrected chi connectivity index (χ2v) is 5.84. The molecule has 0 bridgehead atoms. The topological polar surface area (TPSA) is 63.2 Å². The molecule has 120 valence electrons. The molecule has 1 aliphatic rings. The molecule has 1 amide bonds. The Balaban J connectivity index is 1.52. The Kier molecular flexibility index (Phi) is 5.10. The molecule has 1 atom stereocenters. The highest BCUT2D eigenvalue weighted by Gasteiger charge is 2.23. The van der Waals surface area contributed by atoms with Gasteiger partial charge in [-0.3, -0.25) is 4.79 Å². The Bertz CT molecular complexity index is 653. The first-order chi connectivity index (χ1) is 11.2. The van der Waals surface area contributed by atoms with E-state index in [9.17, 15) is 4.79 Å². The highest BCUT2D eigenvalue weighted by atomic mass is 35.5. The third-order valence-corrected chi connectivity index (χ3v) is 3.90. The number of benzene rings is 1. The predicted molar refractivity (Wildman–Crippen MR) is 90.6 cm³/mol. The lowest BCUT2D eigenvalue weighted by atomic mass is 10.2. The minimum absolute atomic E-state index is 0.128. The maximum atomic E-state index is 11.9. The van der Waals surface area contributed by atoms with Crippen molar-refractivity contribution in [3.05, 3.63) is 53.2 Å². The maximum Gasteiger partial charge on any atom is 0.254 e. The van der Waals surface area contributed by atoms with Crippen LogP contribution < -0.4 is 10.6 Å². The first-order valence-corrected chi connectivity index (χ1v) is 7.95. The average Bonchev–Trinajstić information content (AvgIpc) is 3.10. The number of ether oxygens (including phenoxy) is 1. The maximum absolute atomic E-state index is 11.9. The van der Waals surface area contributed by atoms with Crippen molar-refractivity contribution in [2.75, 3.05) is 17.2 Å². The molecule has 1 aromatic heterocycles. The number of pyridine rings is 1. The number of nitrogens with zero attached hydrogens (tertiary/aromatic N) is 1. The van der Waals surface area contributed by atoms with Gasteiger partial charge in [-0.05, 0) is 42.7 Å². The van der Waals surface area contributed by atoms with Crippen LogP contribution in [0.4, 0.5) is 11.5 Å². The number of carbonyl (C=O) groups excluding carboxylic acids is 1. The summed E-state index contributed by atoms with van der Waals surface area (Å²) in [6.07, 6.45) is 3.05. The molecule has 23 heavy (non-hydrogen) atoms. The van der Waals surface area contributed by atoms with Gasteiger partial charge in [0, 0.05) is 18.2 Å². The van der Waals surface area contributed by atoms with Crippen molar-refractivity contribution in [2.45, 2.75) is 25.5 Å². The Morgan fingerprint density at radius 3 is 2.74 bits per heavy atom. The molecule has 1 saturated heterocycles. The number of hydrogen-bond acceptors (Lipinski definition) is 4. The van der Waals surface area contributed by atoms with Crippen molar-refractivity contribution in [3.63, 3.8) is 0 Å². The summed E-state index contributed by atoms with van der Waals surface area (Å²) in [5.41, 5.74) is 2.01. The molecule has 2 heterocycles. The van der Waals surface area contributed by atoms with Crippen LogP contribution in [0.1, 0.15) is 18.4 Å². The van der Waals surface area contributed by atoms with Gasteiger partial charge in [0.2, 0.25) is 0 Å².